The van der Waals surface area contributed by atoms with Gasteiger partial charge in [-0.2, -0.15) is 0 Å². The fourth-order valence-electron chi connectivity index (χ4n) is 1.76. The highest BCUT2D eigenvalue weighted by Crippen LogP contribution is 2.37. The highest BCUT2D eigenvalue weighted by molar-refractivity contribution is 6.34. The van der Waals surface area contributed by atoms with Gasteiger partial charge in [-0.25, -0.2) is 4.79 Å². The Labute approximate surface area is 86.7 Å². The Hall–Kier alpha value is -1.22. The topological polar surface area (TPSA) is 37.8 Å². The summed E-state index contributed by atoms with van der Waals surface area (Å²) in [5.74, 6) is 0. The minimum Gasteiger partial charge on any atom is -0.305 e. The number of fused-ring (bicyclic) bond motifs is 1. The lowest BCUT2D eigenvalue weighted by atomic mass is 10.3. The first-order valence-electron chi connectivity index (χ1n) is 5.08. The number of rotatable bonds is 1. The van der Waals surface area contributed by atoms with Gasteiger partial charge >= 0.3 is 5.69 Å². The first-order valence-corrected chi connectivity index (χ1v) is 4.95. The van der Waals surface area contributed by atoms with Crippen molar-refractivity contribution < 1.29 is 1.37 Å². The highest BCUT2D eigenvalue weighted by Gasteiger charge is 2.27. The van der Waals surface area contributed by atoms with Crippen LogP contribution in [0.25, 0.3) is 11.0 Å². The lowest BCUT2D eigenvalue weighted by Gasteiger charge is -2.00. The summed E-state index contributed by atoms with van der Waals surface area (Å²) < 4.78 is 9.28. The Morgan fingerprint density at radius 2 is 2.43 bits per heavy atom. The van der Waals surface area contributed by atoms with Crippen LogP contribution in [0.1, 0.15) is 20.3 Å². The van der Waals surface area contributed by atoms with Crippen molar-refractivity contribution in [3.05, 3.63) is 33.7 Å². The van der Waals surface area contributed by atoms with Gasteiger partial charge in [0.1, 0.15) is 0 Å². The van der Waals surface area contributed by atoms with Gasteiger partial charge in [0.25, 0.3) is 0 Å². The van der Waals surface area contributed by atoms with Gasteiger partial charge in [0, 0.05) is 6.04 Å². The number of nitrogens with zero attached hydrogens (tertiary/aromatic N) is 1. The van der Waals surface area contributed by atoms with Gasteiger partial charge in [-0.3, -0.25) is 4.57 Å². The molecule has 2 aromatic rings. The maximum absolute atomic E-state index is 11.7. The predicted molar refractivity (Wildman–Crippen MR) is 55.8 cm³/mol. The largest absolute Gasteiger partial charge is 0.326 e. The van der Waals surface area contributed by atoms with Crippen LogP contribution in [0.4, 0.5) is 0 Å². The second-order valence-corrected chi connectivity index (χ2v) is 3.96. The normalized spacial score (nSPS) is 17.4. The summed E-state index contributed by atoms with van der Waals surface area (Å²) in [7, 11) is 0. The minimum absolute atomic E-state index is 0.125. The van der Waals surface area contributed by atoms with Crippen LogP contribution in [0.5, 0.6) is 0 Å². The number of para-hydroxylation sites is 1. The molecule has 1 aromatic heterocycles. The van der Waals surface area contributed by atoms with Crippen LogP contribution < -0.4 is 5.69 Å². The van der Waals surface area contributed by atoms with E-state index in [0.29, 0.717) is 16.1 Å². The molecular weight excluding hydrogens is 200 g/mol. The van der Waals surface area contributed by atoms with E-state index in [0.717, 1.165) is 12.8 Å². The van der Waals surface area contributed by atoms with Crippen molar-refractivity contribution in [2.75, 3.05) is 0 Å². The van der Waals surface area contributed by atoms with Crippen LogP contribution in [0.2, 0.25) is 5.02 Å². The van der Waals surface area contributed by atoms with Crippen molar-refractivity contribution in [1.29, 1.82) is 0 Å². The lowest BCUT2D eigenvalue weighted by molar-refractivity contribution is 0.733. The van der Waals surface area contributed by atoms with Gasteiger partial charge in [0.2, 0.25) is 0 Å². The molecule has 4 heteroatoms. The molecule has 14 heavy (non-hydrogen) atoms. The molecule has 3 rings (SSSR count). The molecule has 0 atom stereocenters. The van der Waals surface area contributed by atoms with E-state index in [1.54, 1.807) is 16.7 Å². The van der Waals surface area contributed by atoms with Crippen molar-refractivity contribution in [3.63, 3.8) is 0 Å². The molecule has 1 aromatic carbocycles. The maximum atomic E-state index is 11.7. The van der Waals surface area contributed by atoms with E-state index in [2.05, 4.69) is 4.98 Å². The smallest absolute Gasteiger partial charge is 0.305 e. The zero-order valence-electron chi connectivity index (χ0n) is 8.38. The Kier molecular flexibility index (Phi) is 1.34. The van der Waals surface area contributed by atoms with Crippen molar-refractivity contribution in [3.8, 4) is 0 Å². The zero-order chi connectivity index (χ0) is 10.6. The molecule has 1 saturated carbocycles. The van der Waals surface area contributed by atoms with Crippen molar-refractivity contribution >= 4 is 22.6 Å². The number of imidazole rings is 1. The number of hydrogen-bond donors (Lipinski definition) is 1. The van der Waals surface area contributed by atoms with Crippen LogP contribution >= 0.6 is 11.6 Å². The molecule has 0 unspecified atom stereocenters. The van der Waals surface area contributed by atoms with Gasteiger partial charge in [0.05, 0.1) is 17.4 Å². The van der Waals surface area contributed by atoms with E-state index in [-0.39, 0.29) is 17.8 Å². The quantitative estimate of drug-likeness (QED) is 0.769. The molecule has 1 aliphatic rings. The molecular formula is C10H9ClN2O. The van der Waals surface area contributed by atoms with E-state index in [1.807, 2.05) is 0 Å². The van der Waals surface area contributed by atoms with E-state index in [1.165, 1.54) is 0 Å². The first kappa shape index (κ1) is 7.12. The molecule has 0 aliphatic heterocycles. The molecule has 3 nitrogen and oxygen atoms in total. The molecule has 0 amide bonds. The molecule has 1 fully saturated rings. The molecule has 0 radical (unpaired) electrons. The monoisotopic (exact) mass is 209 g/mol. The van der Waals surface area contributed by atoms with Gasteiger partial charge in [0.15, 0.2) is 0 Å². The molecule has 0 bridgehead atoms. The van der Waals surface area contributed by atoms with Crippen molar-refractivity contribution in [2.45, 2.75) is 18.9 Å². The van der Waals surface area contributed by atoms with Gasteiger partial charge in [-0.15, -0.1) is 0 Å². The van der Waals surface area contributed by atoms with E-state index < -0.39 is 0 Å². The standard InChI is InChI=1S/C10H9ClN2O/c11-7-2-1-3-8-9(7)13(6-4-5-6)10(14)12-8/h1-3,6H,4-5H2,(H,12,14)/i2D. The molecule has 1 heterocycles. The first-order chi connectivity index (χ1) is 7.18. The third kappa shape index (κ3) is 1.02. The average molecular weight is 210 g/mol. The fourth-order valence-corrected chi connectivity index (χ4v) is 2.01. The average Bonchev–Trinajstić information content (AvgIpc) is 2.97. The third-order valence-electron chi connectivity index (χ3n) is 2.54. The number of hydrogen-bond acceptors (Lipinski definition) is 1. The summed E-state index contributed by atoms with van der Waals surface area (Å²) in [6.07, 6.45) is 2.04. The van der Waals surface area contributed by atoms with Gasteiger partial charge < -0.3 is 4.98 Å². The van der Waals surface area contributed by atoms with Crippen LogP contribution in [0, 0.1) is 0 Å². The van der Waals surface area contributed by atoms with Crippen LogP contribution in [0.15, 0.2) is 23.0 Å². The number of nitrogens with one attached hydrogen (secondary N) is 1. The number of benzene rings is 1. The minimum atomic E-state index is -0.125. The summed E-state index contributed by atoms with van der Waals surface area (Å²) in [6, 6.07) is 3.85. The van der Waals surface area contributed by atoms with Crippen LogP contribution in [0.3, 0.4) is 0 Å². The Morgan fingerprint density at radius 3 is 3.14 bits per heavy atom. The van der Waals surface area contributed by atoms with Gasteiger partial charge in [-0.1, -0.05) is 17.7 Å². The number of aromatic amines is 1. The summed E-state index contributed by atoms with van der Waals surface area (Å²) in [6.45, 7) is 0. The van der Waals surface area contributed by atoms with Crippen molar-refractivity contribution in [2.24, 2.45) is 0 Å². The fraction of sp³-hybridized carbons (Fsp3) is 0.300. The summed E-state index contributed by atoms with van der Waals surface area (Å²) in [4.78, 5) is 14.4. The third-order valence-corrected chi connectivity index (χ3v) is 2.82. The SMILES string of the molecule is [2H]c1ccc2[nH]c(=O)n(C3CC3)c2c1Cl. The second kappa shape index (κ2) is 2.64. The van der Waals surface area contributed by atoms with E-state index in [9.17, 15) is 4.79 Å². The van der Waals surface area contributed by atoms with Crippen LogP contribution in [-0.4, -0.2) is 9.55 Å². The zero-order valence-corrected chi connectivity index (χ0v) is 8.14. The number of halogens is 1. The van der Waals surface area contributed by atoms with Gasteiger partial charge in [-0.05, 0) is 25.0 Å². The summed E-state index contributed by atoms with van der Waals surface area (Å²) in [5.41, 5.74) is 1.27. The highest BCUT2D eigenvalue weighted by atomic mass is 35.5. The summed E-state index contributed by atoms with van der Waals surface area (Å²) in [5, 5.41) is 0.359. The predicted octanol–water partition coefficient (Wildman–Crippen LogP) is 2.32. The summed E-state index contributed by atoms with van der Waals surface area (Å²) >= 11 is 6.05. The molecule has 1 aliphatic carbocycles. The Bertz CT molecular complexity index is 597. The Balaban J connectivity index is 2.46. The molecule has 1 N–H and O–H groups in total. The molecule has 0 saturated heterocycles. The van der Waals surface area contributed by atoms with E-state index >= 15 is 0 Å². The van der Waals surface area contributed by atoms with Crippen LogP contribution in [-0.2, 0) is 0 Å². The van der Waals surface area contributed by atoms with Crippen molar-refractivity contribution in [1.82, 2.24) is 9.55 Å². The maximum Gasteiger partial charge on any atom is 0.326 e. The molecule has 0 spiro atoms. The Morgan fingerprint density at radius 1 is 1.64 bits per heavy atom. The lowest BCUT2D eigenvalue weighted by Crippen LogP contribution is -2.15. The molecule has 72 valence electrons. The number of H-pyrrole nitrogens is 1. The van der Waals surface area contributed by atoms with E-state index in [4.69, 9.17) is 13.0 Å². The number of aromatic nitrogens is 2. The second-order valence-electron chi connectivity index (χ2n) is 3.59.